The van der Waals surface area contributed by atoms with Crippen LogP contribution in [0.25, 0.3) is 0 Å². The molecule has 0 saturated carbocycles. The number of carbonyl (C=O) groups is 4. The third kappa shape index (κ3) is 5.33. The third-order valence-corrected chi connectivity index (χ3v) is 6.52. The summed E-state index contributed by atoms with van der Waals surface area (Å²) in [5.74, 6) is -1.22. The minimum Gasteiger partial charge on any atom is -0.457 e. The largest absolute Gasteiger partial charge is 0.457 e. The van der Waals surface area contributed by atoms with E-state index in [0.717, 1.165) is 5.57 Å². The Balaban J connectivity index is 1.70. The number of carbonyl (C=O) groups excluding carboxylic acids is 4. The number of β-lactam (4-membered cyclic amide) rings is 1. The summed E-state index contributed by atoms with van der Waals surface area (Å²) in [6, 6.07) is -0.849. The molecule has 10 nitrogen and oxygen atoms in total. The first-order chi connectivity index (χ1) is 15.0. The third-order valence-electron chi connectivity index (χ3n) is 4.30. The second kappa shape index (κ2) is 9.63. The fraction of sp³-hybridized carbons (Fsp3) is 0.474. The van der Waals surface area contributed by atoms with Gasteiger partial charge >= 0.3 is 5.97 Å². The summed E-state index contributed by atoms with van der Waals surface area (Å²) < 4.78 is 5.13. The molecule has 2 aliphatic rings. The SMILES string of the molecule is CC1=C(C(=O)S)N2C(=O)C(NC(=O)C(=NOCC(=O)OC(C)(C)C)c3cscn3)[C@H]2SC1. The summed E-state index contributed by atoms with van der Waals surface area (Å²) in [5, 5.41) is 7.07. The summed E-state index contributed by atoms with van der Waals surface area (Å²) in [7, 11) is 0. The van der Waals surface area contributed by atoms with Crippen molar-refractivity contribution in [2.45, 2.75) is 44.7 Å². The minimum absolute atomic E-state index is 0.181. The molecule has 0 spiro atoms. The predicted molar refractivity (Wildman–Crippen MR) is 122 cm³/mol. The van der Waals surface area contributed by atoms with Gasteiger partial charge in [-0.3, -0.25) is 19.3 Å². The average Bonchev–Trinajstić information content (AvgIpc) is 3.21. The molecule has 1 saturated heterocycles. The summed E-state index contributed by atoms with van der Waals surface area (Å²) in [4.78, 5) is 59.7. The second-order valence-electron chi connectivity index (χ2n) is 7.97. The molecule has 2 atom stereocenters. The van der Waals surface area contributed by atoms with Crippen molar-refractivity contribution < 1.29 is 28.8 Å². The van der Waals surface area contributed by atoms with Crippen molar-refractivity contribution in [1.82, 2.24) is 15.2 Å². The van der Waals surface area contributed by atoms with Crippen LogP contribution in [0.2, 0.25) is 0 Å². The van der Waals surface area contributed by atoms with E-state index in [-0.39, 0.29) is 17.1 Å². The Bertz CT molecular complexity index is 999. The van der Waals surface area contributed by atoms with Gasteiger partial charge in [-0.15, -0.1) is 23.1 Å². The molecule has 1 N–H and O–H groups in total. The lowest BCUT2D eigenvalue weighted by Gasteiger charge is -2.49. The molecule has 1 aromatic heterocycles. The van der Waals surface area contributed by atoms with Gasteiger partial charge in [0.05, 0.1) is 11.2 Å². The van der Waals surface area contributed by atoms with Gasteiger partial charge in [-0.1, -0.05) is 17.8 Å². The summed E-state index contributed by atoms with van der Waals surface area (Å²) >= 11 is 6.54. The van der Waals surface area contributed by atoms with E-state index in [2.05, 4.69) is 28.1 Å². The second-order valence-corrected chi connectivity index (χ2v) is 10.2. The van der Waals surface area contributed by atoms with E-state index < -0.39 is 46.5 Å². The van der Waals surface area contributed by atoms with Crippen LogP contribution in [0, 0.1) is 0 Å². The van der Waals surface area contributed by atoms with Crippen LogP contribution in [-0.4, -0.2) is 67.9 Å². The topological polar surface area (TPSA) is 127 Å². The fourth-order valence-corrected chi connectivity index (χ4v) is 5.17. The number of rotatable bonds is 7. The maximum absolute atomic E-state index is 12.9. The number of oxime groups is 1. The Morgan fingerprint density at radius 1 is 1.38 bits per heavy atom. The number of hydrogen-bond acceptors (Lipinski definition) is 10. The van der Waals surface area contributed by atoms with Gasteiger partial charge in [-0.25, -0.2) is 9.78 Å². The van der Waals surface area contributed by atoms with E-state index in [9.17, 15) is 19.2 Å². The van der Waals surface area contributed by atoms with Crippen LogP contribution in [0.5, 0.6) is 0 Å². The van der Waals surface area contributed by atoms with Gasteiger partial charge in [0.25, 0.3) is 11.8 Å². The fourth-order valence-electron chi connectivity index (χ4n) is 3.04. The molecule has 2 aliphatic heterocycles. The highest BCUT2D eigenvalue weighted by molar-refractivity contribution is 8.00. The molecule has 1 unspecified atom stereocenters. The molecule has 0 aromatic carbocycles. The smallest absolute Gasteiger partial charge is 0.347 e. The molecule has 1 fully saturated rings. The number of aromatic nitrogens is 1. The van der Waals surface area contributed by atoms with Crippen molar-refractivity contribution in [1.29, 1.82) is 0 Å². The zero-order valence-electron chi connectivity index (χ0n) is 17.8. The van der Waals surface area contributed by atoms with E-state index in [4.69, 9.17) is 9.57 Å². The quantitative estimate of drug-likeness (QED) is 0.190. The molecule has 3 rings (SSSR count). The number of fused-ring (bicyclic) bond motifs is 1. The molecular weight excluding hydrogens is 476 g/mol. The number of hydrogen-bond donors (Lipinski definition) is 2. The van der Waals surface area contributed by atoms with E-state index in [0.29, 0.717) is 5.75 Å². The van der Waals surface area contributed by atoms with Crippen LogP contribution in [0.1, 0.15) is 33.4 Å². The van der Waals surface area contributed by atoms with Gasteiger partial charge in [0.15, 0.2) is 5.71 Å². The van der Waals surface area contributed by atoms with Crippen molar-refractivity contribution in [3.8, 4) is 0 Å². The summed E-state index contributed by atoms with van der Waals surface area (Å²) in [6.45, 7) is 6.42. The Labute approximate surface area is 198 Å². The van der Waals surface area contributed by atoms with Gasteiger partial charge in [-0.2, -0.15) is 0 Å². The van der Waals surface area contributed by atoms with Crippen molar-refractivity contribution in [2.75, 3.05) is 12.4 Å². The highest BCUT2D eigenvalue weighted by Gasteiger charge is 2.53. The Kier molecular flexibility index (Phi) is 7.30. The molecule has 3 heterocycles. The van der Waals surface area contributed by atoms with Gasteiger partial charge in [0.1, 0.15) is 22.7 Å². The Morgan fingerprint density at radius 3 is 2.69 bits per heavy atom. The Hall–Kier alpha value is -2.38. The predicted octanol–water partition coefficient (Wildman–Crippen LogP) is 1.34. The number of thiazole rings is 1. The van der Waals surface area contributed by atoms with Crippen LogP contribution in [0.15, 0.2) is 27.3 Å². The monoisotopic (exact) mass is 498 g/mol. The maximum Gasteiger partial charge on any atom is 0.347 e. The molecular formula is C19H22N4O6S3. The van der Waals surface area contributed by atoms with Crippen molar-refractivity contribution in [3.63, 3.8) is 0 Å². The highest BCUT2D eigenvalue weighted by atomic mass is 32.2. The number of thioether (sulfide) groups is 1. The number of nitrogens with one attached hydrogen (secondary N) is 1. The molecule has 172 valence electrons. The molecule has 0 bridgehead atoms. The van der Waals surface area contributed by atoms with Crippen LogP contribution in [-0.2, 0) is 28.8 Å². The van der Waals surface area contributed by atoms with Gasteiger partial charge in [0, 0.05) is 11.1 Å². The lowest BCUT2D eigenvalue weighted by Crippen LogP contribution is -2.70. The van der Waals surface area contributed by atoms with Crippen LogP contribution in [0.3, 0.4) is 0 Å². The molecule has 0 aliphatic carbocycles. The zero-order valence-corrected chi connectivity index (χ0v) is 20.3. The number of nitrogens with zero attached hydrogens (tertiary/aromatic N) is 3. The molecule has 1 aromatic rings. The molecule has 2 amide bonds. The molecule has 13 heteroatoms. The van der Waals surface area contributed by atoms with Crippen LogP contribution in [0.4, 0.5) is 0 Å². The van der Waals surface area contributed by atoms with Crippen LogP contribution < -0.4 is 5.32 Å². The lowest BCUT2D eigenvalue weighted by atomic mass is 10.0. The first-order valence-corrected chi connectivity index (χ1v) is 11.9. The number of esters is 1. The Morgan fingerprint density at radius 2 is 2.09 bits per heavy atom. The number of ether oxygens (including phenoxy) is 1. The summed E-state index contributed by atoms with van der Waals surface area (Å²) in [6.07, 6.45) is 0. The maximum atomic E-state index is 12.9. The molecule has 32 heavy (non-hydrogen) atoms. The first kappa shape index (κ1) is 24.3. The minimum atomic E-state index is -0.849. The molecule has 0 radical (unpaired) electrons. The van der Waals surface area contributed by atoms with Crippen LogP contribution >= 0.6 is 35.7 Å². The van der Waals surface area contributed by atoms with Gasteiger partial charge in [0.2, 0.25) is 11.7 Å². The average molecular weight is 499 g/mol. The van der Waals surface area contributed by atoms with Crippen molar-refractivity contribution >= 4 is 64.3 Å². The first-order valence-electron chi connectivity index (χ1n) is 9.48. The highest BCUT2D eigenvalue weighted by Crippen LogP contribution is 2.40. The van der Waals surface area contributed by atoms with Crippen molar-refractivity contribution in [2.24, 2.45) is 5.16 Å². The van der Waals surface area contributed by atoms with Gasteiger partial charge < -0.3 is 14.9 Å². The number of amides is 2. The summed E-state index contributed by atoms with van der Waals surface area (Å²) in [5.41, 5.74) is 1.88. The van der Waals surface area contributed by atoms with E-state index in [1.165, 1.54) is 33.5 Å². The normalized spacial score (nSPS) is 21.0. The van der Waals surface area contributed by atoms with E-state index in [1.54, 1.807) is 33.1 Å². The van der Waals surface area contributed by atoms with E-state index in [1.807, 2.05) is 0 Å². The number of thiol groups is 1. The van der Waals surface area contributed by atoms with Crippen molar-refractivity contribution in [3.05, 3.63) is 27.9 Å². The standard InChI is InChI=1S/C19H22N4O6S3/c1-9-6-32-17-13(16(26)23(17)14(9)18(27)30)21-15(25)12(10-7-31-8-20-10)22-28-5-11(24)29-19(2,3)4/h7-8,13,17H,5-6H2,1-4H3,(H,21,25)(H,27,30)/t13?,17-/m1/s1. The van der Waals surface area contributed by atoms with Gasteiger partial charge in [-0.05, 0) is 33.3 Å². The zero-order chi connectivity index (χ0) is 23.6. The lowest BCUT2D eigenvalue weighted by molar-refractivity contribution is -0.160. The van der Waals surface area contributed by atoms with E-state index >= 15 is 0 Å².